The lowest BCUT2D eigenvalue weighted by Gasteiger charge is -2.21. The number of sulfonamides is 1. The molecule has 1 aromatic rings. The Balaban J connectivity index is 2.23. The fourth-order valence-electron chi connectivity index (χ4n) is 3.22. The first-order valence-corrected chi connectivity index (χ1v) is 10.2. The number of nitrogens with one attached hydrogen (secondary N) is 2. The predicted octanol–water partition coefficient (Wildman–Crippen LogP) is 3.05. The van der Waals surface area contributed by atoms with E-state index in [0.717, 1.165) is 31.2 Å². The molecule has 1 aliphatic carbocycles. The molecule has 0 atom stereocenters. The molecule has 24 heavy (non-hydrogen) atoms. The Morgan fingerprint density at radius 1 is 1.04 bits per heavy atom. The maximum Gasteiger partial charge on any atom is 0.251 e. The summed E-state index contributed by atoms with van der Waals surface area (Å²) in [7, 11) is -2.20. The van der Waals surface area contributed by atoms with Crippen molar-refractivity contribution in [1.82, 2.24) is 10.0 Å². The minimum Gasteiger partial charge on any atom is -0.349 e. The van der Waals surface area contributed by atoms with Gasteiger partial charge in [0.1, 0.15) is 0 Å². The molecule has 0 unspecified atom stereocenters. The average molecular weight is 353 g/mol. The van der Waals surface area contributed by atoms with Crippen LogP contribution in [0.5, 0.6) is 0 Å². The zero-order chi connectivity index (χ0) is 17.7. The summed E-state index contributed by atoms with van der Waals surface area (Å²) in [5.74, 6) is -0.184. The molecule has 0 radical (unpaired) electrons. The summed E-state index contributed by atoms with van der Waals surface area (Å²) < 4.78 is 26.7. The number of benzene rings is 1. The summed E-state index contributed by atoms with van der Waals surface area (Å²) >= 11 is 0. The van der Waals surface area contributed by atoms with E-state index < -0.39 is 10.0 Å². The molecule has 0 aliphatic heterocycles. The number of aryl methyl sites for hydroxylation is 1. The second kappa shape index (κ2) is 8.12. The van der Waals surface area contributed by atoms with Gasteiger partial charge in [-0.1, -0.05) is 32.1 Å². The minimum absolute atomic E-state index is 0.174. The number of carbonyl (C=O) groups is 1. The number of amides is 1. The monoisotopic (exact) mass is 352 g/mol. The molecule has 6 heteroatoms. The van der Waals surface area contributed by atoms with Crippen molar-refractivity contribution in [1.29, 1.82) is 0 Å². The van der Waals surface area contributed by atoms with Crippen LogP contribution in [0.3, 0.4) is 0 Å². The van der Waals surface area contributed by atoms with Crippen LogP contribution in [-0.2, 0) is 10.0 Å². The molecule has 1 aliphatic rings. The molecular formula is C18H28N2O3S. The fraction of sp³-hybridized carbons (Fsp3) is 0.611. The van der Waals surface area contributed by atoms with Crippen LogP contribution < -0.4 is 10.0 Å². The quantitative estimate of drug-likeness (QED) is 0.874. The smallest absolute Gasteiger partial charge is 0.251 e. The Kier molecular flexibility index (Phi) is 6.40. The van der Waals surface area contributed by atoms with Gasteiger partial charge in [-0.05, 0) is 57.0 Å². The van der Waals surface area contributed by atoms with Gasteiger partial charge in [0, 0.05) is 11.6 Å². The van der Waals surface area contributed by atoms with Crippen molar-refractivity contribution in [2.24, 2.45) is 0 Å². The first-order valence-electron chi connectivity index (χ1n) is 8.71. The lowest BCUT2D eigenvalue weighted by molar-refractivity contribution is 0.0930. The van der Waals surface area contributed by atoms with Crippen molar-refractivity contribution in [3.05, 3.63) is 28.8 Å². The number of rotatable bonds is 4. The third-order valence-corrected chi connectivity index (χ3v) is 6.42. The summed E-state index contributed by atoms with van der Waals surface area (Å²) in [6.07, 6.45) is 8.00. The molecule has 0 saturated heterocycles. The molecule has 1 fully saturated rings. The Hall–Kier alpha value is -1.40. The fourth-order valence-corrected chi connectivity index (χ4v) is 4.28. The van der Waals surface area contributed by atoms with E-state index in [4.69, 9.17) is 0 Å². The highest BCUT2D eigenvalue weighted by atomic mass is 32.2. The molecule has 0 heterocycles. The standard InChI is InChI=1S/C18H28N2O3S/c1-13-11-15(12-17(14(13)2)24(22,23)19-3)18(21)20-16-9-7-5-4-6-8-10-16/h11-12,16,19H,4-10H2,1-3H3,(H,20,21). The maximum absolute atomic E-state index is 12.6. The topological polar surface area (TPSA) is 75.3 Å². The summed E-state index contributed by atoms with van der Waals surface area (Å²) in [6, 6.07) is 3.43. The second-order valence-electron chi connectivity index (χ2n) is 6.64. The van der Waals surface area contributed by atoms with Gasteiger partial charge in [0.15, 0.2) is 0 Å². The molecule has 2 rings (SSSR count). The van der Waals surface area contributed by atoms with E-state index in [-0.39, 0.29) is 16.8 Å². The zero-order valence-electron chi connectivity index (χ0n) is 14.8. The highest BCUT2D eigenvalue weighted by Crippen LogP contribution is 2.22. The van der Waals surface area contributed by atoms with Crippen LogP contribution in [0.25, 0.3) is 0 Å². The van der Waals surface area contributed by atoms with Crippen LogP contribution in [0.2, 0.25) is 0 Å². The molecule has 0 spiro atoms. The van der Waals surface area contributed by atoms with Crippen molar-refractivity contribution in [2.45, 2.75) is 69.7 Å². The Bertz CT molecular complexity index is 690. The molecule has 5 nitrogen and oxygen atoms in total. The van der Waals surface area contributed by atoms with Gasteiger partial charge < -0.3 is 5.32 Å². The number of hydrogen-bond acceptors (Lipinski definition) is 3. The van der Waals surface area contributed by atoms with Crippen LogP contribution >= 0.6 is 0 Å². The highest BCUT2D eigenvalue weighted by Gasteiger charge is 2.21. The minimum atomic E-state index is -3.58. The lowest BCUT2D eigenvalue weighted by atomic mass is 9.96. The van der Waals surface area contributed by atoms with Crippen molar-refractivity contribution in [3.8, 4) is 0 Å². The summed E-state index contributed by atoms with van der Waals surface area (Å²) in [5, 5.41) is 3.09. The molecule has 0 bridgehead atoms. The normalized spacial score (nSPS) is 17.1. The van der Waals surface area contributed by atoms with Gasteiger partial charge in [-0.3, -0.25) is 4.79 Å². The molecule has 1 saturated carbocycles. The molecule has 0 aromatic heterocycles. The van der Waals surface area contributed by atoms with Gasteiger partial charge in [-0.25, -0.2) is 13.1 Å². The van der Waals surface area contributed by atoms with Crippen LogP contribution in [0.4, 0.5) is 0 Å². The first-order chi connectivity index (χ1) is 11.3. The van der Waals surface area contributed by atoms with Gasteiger partial charge in [0.25, 0.3) is 5.91 Å². The summed E-state index contributed by atoms with van der Waals surface area (Å²) in [6.45, 7) is 3.59. The van der Waals surface area contributed by atoms with Crippen LogP contribution in [0.1, 0.15) is 66.4 Å². The zero-order valence-corrected chi connectivity index (χ0v) is 15.6. The van der Waals surface area contributed by atoms with E-state index in [1.54, 1.807) is 13.0 Å². The molecule has 1 aromatic carbocycles. The van der Waals surface area contributed by atoms with Crippen LogP contribution in [-0.4, -0.2) is 27.4 Å². The summed E-state index contributed by atoms with van der Waals surface area (Å²) in [5.41, 5.74) is 1.88. The maximum atomic E-state index is 12.6. The lowest BCUT2D eigenvalue weighted by Crippen LogP contribution is -2.35. The SMILES string of the molecule is CNS(=O)(=O)c1cc(C(=O)NC2CCCCCCC2)cc(C)c1C. The number of carbonyl (C=O) groups excluding carboxylic acids is 1. The predicted molar refractivity (Wildman–Crippen MR) is 95.7 cm³/mol. The first kappa shape index (κ1) is 18.9. The molecule has 1 amide bonds. The van der Waals surface area contributed by atoms with Crippen molar-refractivity contribution < 1.29 is 13.2 Å². The Morgan fingerprint density at radius 2 is 1.62 bits per heavy atom. The van der Waals surface area contributed by atoms with E-state index in [1.165, 1.54) is 32.4 Å². The molecule has 134 valence electrons. The molecular weight excluding hydrogens is 324 g/mol. The summed E-state index contributed by atoms with van der Waals surface area (Å²) in [4.78, 5) is 12.8. The molecule has 2 N–H and O–H groups in total. The highest BCUT2D eigenvalue weighted by molar-refractivity contribution is 7.89. The van der Waals surface area contributed by atoms with Gasteiger partial charge in [0.05, 0.1) is 4.90 Å². The van der Waals surface area contributed by atoms with Gasteiger partial charge >= 0.3 is 0 Å². The van der Waals surface area contributed by atoms with E-state index >= 15 is 0 Å². The van der Waals surface area contributed by atoms with Gasteiger partial charge in [0.2, 0.25) is 10.0 Å². The van der Waals surface area contributed by atoms with Crippen molar-refractivity contribution >= 4 is 15.9 Å². The third kappa shape index (κ3) is 4.57. The van der Waals surface area contributed by atoms with E-state index in [2.05, 4.69) is 10.0 Å². The largest absolute Gasteiger partial charge is 0.349 e. The number of hydrogen-bond donors (Lipinski definition) is 2. The van der Waals surface area contributed by atoms with E-state index in [0.29, 0.717) is 11.1 Å². The Morgan fingerprint density at radius 3 is 2.21 bits per heavy atom. The third-order valence-electron chi connectivity index (χ3n) is 4.88. The Labute approximate surface area is 145 Å². The van der Waals surface area contributed by atoms with Crippen LogP contribution in [0, 0.1) is 13.8 Å². The van der Waals surface area contributed by atoms with Crippen molar-refractivity contribution in [3.63, 3.8) is 0 Å². The average Bonchev–Trinajstić information content (AvgIpc) is 2.52. The van der Waals surface area contributed by atoms with Crippen LogP contribution in [0.15, 0.2) is 17.0 Å². The second-order valence-corrected chi connectivity index (χ2v) is 8.49. The van der Waals surface area contributed by atoms with E-state index in [1.807, 2.05) is 6.92 Å². The van der Waals surface area contributed by atoms with E-state index in [9.17, 15) is 13.2 Å². The van der Waals surface area contributed by atoms with Crippen molar-refractivity contribution in [2.75, 3.05) is 7.05 Å². The van der Waals surface area contributed by atoms with Gasteiger partial charge in [-0.2, -0.15) is 0 Å². The van der Waals surface area contributed by atoms with Gasteiger partial charge in [-0.15, -0.1) is 0 Å².